The quantitative estimate of drug-likeness (QED) is 0.664. The maximum absolute atomic E-state index is 12.1. The van der Waals surface area contributed by atoms with Crippen LogP contribution in [0, 0.1) is 6.92 Å². The minimum absolute atomic E-state index is 0.303. The van der Waals surface area contributed by atoms with E-state index >= 15 is 0 Å². The highest BCUT2D eigenvalue weighted by Crippen LogP contribution is 2.27. The fourth-order valence-corrected chi connectivity index (χ4v) is 2.59. The zero-order valence-corrected chi connectivity index (χ0v) is 14.8. The minimum Gasteiger partial charge on any atom is -0.493 e. The largest absolute Gasteiger partial charge is 0.493 e. The van der Waals surface area contributed by atoms with Gasteiger partial charge in [-0.05, 0) is 36.8 Å². The highest BCUT2D eigenvalue weighted by molar-refractivity contribution is 5.99. The number of nitrogens with zero attached hydrogens (tertiary/aromatic N) is 1. The SMILES string of the molecule is COc1cc(C)ccc1OCCNC(=O)Nc1cccc2cccnc12. The van der Waals surface area contributed by atoms with Gasteiger partial charge in [-0.1, -0.05) is 24.3 Å². The summed E-state index contributed by atoms with van der Waals surface area (Å²) in [5, 5.41) is 6.56. The van der Waals surface area contributed by atoms with Crippen molar-refractivity contribution in [1.82, 2.24) is 10.3 Å². The van der Waals surface area contributed by atoms with Gasteiger partial charge in [0.25, 0.3) is 0 Å². The van der Waals surface area contributed by atoms with Crippen LogP contribution in [-0.4, -0.2) is 31.3 Å². The van der Waals surface area contributed by atoms with Crippen molar-refractivity contribution in [3.8, 4) is 11.5 Å². The van der Waals surface area contributed by atoms with Gasteiger partial charge in [0, 0.05) is 11.6 Å². The van der Waals surface area contributed by atoms with Crippen LogP contribution >= 0.6 is 0 Å². The van der Waals surface area contributed by atoms with E-state index in [1.807, 2.05) is 55.5 Å². The number of carbonyl (C=O) groups is 1. The predicted molar refractivity (Wildman–Crippen MR) is 102 cm³/mol. The van der Waals surface area contributed by atoms with Gasteiger partial charge in [-0.15, -0.1) is 0 Å². The summed E-state index contributed by atoms with van der Waals surface area (Å²) in [6, 6.07) is 14.9. The fourth-order valence-electron chi connectivity index (χ4n) is 2.59. The Kier molecular flexibility index (Phi) is 5.53. The van der Waals surface area contributed by atoms with Gasteiger partial charge in [-0.25, -0.2) is 4.79 Å². The van der Waals surface area contributed by atoms with Gasteiger partial charge in [-0.3, -0.25) is 4.98 Å². The van der Waals surface area contributed by atoms with Crippen LogP contribution in [0.4, 0.5) is 10.5 Å². The molecule has 0 aliphatic rings. The standard InChI is InChI=1S/C20H21N3O3/c1-14-8-9-17(18(13-14)25-2)26-12-11-22-20(24)23-16-7-3-5-15-6-4-10-21-19(15)16/h3-10,13H,11-12H2,1-2H3,(H2,22,23,24). The molecule has 0 saturated carbocycles. The van der Waals surface area contributed by atoms with Crippen molar-refractivity contribution in [1.29, 1.82) is 0 Å². The summed E-state index contributed by atoms with van der Waals surface area (Å²) in [6.45, 7) is 2.68. The molecule has 3 aromatic rings. The van der Waals surface area contributed by atoms with Crippen LogP contribution in [0.15, 0.2) is 54.7 Å². The number of fused-ring (bicyclic) bond motifs is 1. The normalized spacial score (nSPS) is 10.4. The van der Waals surface area contributed by atoms with Gasteiger partial charge in [0.1, 0.15) is 6.61 Å². The molecule has 134 valence electrons. The first kappa shape index (κ1) is 17.5. The number of aromatic nitrogens is 1. The first-order valence-electron chi connectivity index (χ1n) is 8.33. The third kappa shape index (κ3) is 4.22. The Balaban J connectivity index is 1.52. The maximum atomic E-state index is 12.1. The molecule has 0 aliphatic heterocycles. The van der Waals surface area contributed by atoms with E-state index in [9.17, 15) is 4.79 Å². The van der Waals surface area contributed by atoms with Gasteiger partial charge in [0.15, 0.2) is 11.5 Å². The fraction of sp³-hybridized carbons (Fsp3) is 0.200. The number of nitrogens with one attached hydrogen (secondary N) is 2. The second-order valence-corrected chi connectivity index (χ2v) is 5.76. The summed E-state index contributed by atoms with van der Waals surface area (Å²) in [7, 11) is 1.60. The van der Waals surface area contributed by atoms with E-state index in [2.05, 4.69) is 15.6 Å². The zero-order chi connectivity index (χ0) is 18.4. The number of ether oxygens (including phenoxy) is 2. The number of urea groups is 1. The number of carbonyl (C=O) groups excluding carboxylic acids is 1. The van der Waals surface area contributed by atoms with E-state index in [0.29, 0.717) is 30.3 Å². The number of para-hydroxylation sites is 1. The van der Waals surface area contributed by atoms with E-state index in [0.717, 1.165) is 16.5 Å². The average Bonchev–Trinajstić information content (AvgIpc) is 2.66. The Morgan fingerprint density at radius 3 is 2.81 bits per heavy atom. The third-order valence-electron chi connectivity index (χ3n) is 3.85. The molecule has 0 spiro atoms. The van der Waals surface area contributed by atoms with Crippen LogP contribution in [0.1, 0.15) is 5.56 Å². The maximum Gasteiger partial charge on any atom is 0.319 e. The number of rotatable bonds is 6. The van der Waals surface area contributed by atoms with Crippen molar-refractivity contribution in [2.24, 2.45) is 0 Å². The van der Waals surface area contributed by atoms with Crippen LogP contribution in [0.5, 0.6) is 11.5 Å². The molecule has 0 unspecified atom stereocenters. The Morgan fingerprint density at radius 2 is 1.96 bits per heavy atom. The molecule has 6 nitrogen and oxygen atoms in total. The molecule has 0 atom stereocenters. The highest BCUT2D eigenvalue weighted by Gasteiger charge is 2.07. The number of aryl methyl sites for hydroxylation is 1. The van der Waals surface area contributed by atoms with Crippen molar-refractivity contribution in [2.75, 3.05) is 25.6 Å². The molecule has 0 radical (unpaired) electrons. The Bertz CT molecular complexity index is 906. The van der Waals surface area contributed by atoms with E-state index in [1.54, 1.807) is 13.3 Å². The molecular weight excluding hydrogens is 330 g/mol. The smallest absolute Gasteiger partial charge is 0.319 e. The van der Waals surface area contributed by atoms with E-state index in [-0.39, 0.29) is 6.03 Å². The number of benzene rings is 2. The third-order valence-corrected chi connectivity index (χ3v) is 3.85. The molecule has 2 aromatic carbocycles. The van der Waals surface area contributed by atoms with E-state index in [4.69, 9.17) is 9.47 Å². The monoisotopic (exact) mass is 351 g/mol. The zero-order valence-electron chi connectivity index (χ0n) is 14.8. The molecule has 0 bridgehead atoms. The first-order chi connectivity index (χ1) is 12.7. The van der Waals surface area contributed by atoms with Gasteiger partial charge in [0.2, 0.25) is 0 Å². The molecule has 0 saturated heterocycles. The summed E-state index contributed by atoms with van der Waals surface area (Å²) < 4.78 is 11.0. The van der Waals surface area contributed by atoms with Crippen LogP contribution in [0.3, 0.4) is 0 Å². The van der Waals surface area contributed by atoms with Crippen molar-refractivity contribution in [3.63, 3.8) is 0 Å². The van der Waals surface area contributed by atoms with Crippen LogP contribution in [-0.2, 0) is 0 Å². The topological polar surface area (TPSA) is 72.5 Å². The van der Waals surface area contributed by atoms with Crippen LogP contribution < -0.4 is 20.1 Å². The van der Waals surface area contributed by atoms with Crippen molar-refractivity contribution in [2.45, 2.75) is 6.92 Å². The number of pyridine rings is 1. The molecule has 6 heteroatoms. The Hall–Kier alpha value is -3.28. The van der Waals surface area contributed by atoms with Crippen molar-refractivity contribution >= 4 is 22.6 Å². The van der Waals surface area contributed by atoms with Gasteiger partial charge in [0.05, 0.1) is 24.9 Å². The lowest BCUT2D eigenvalue weighted by Gasteiger charge is -2.12. The molecular formula is C20H21N3O3. The predicted octanol–water partition coefficient (Wildman–Crippen LogP) is 3.75. The second-order valence-electron chi connectivity index (χ2n) is 5.76. The summed E-state index contributed by atoms with van der Waals surface area (Å²) in [4.78, 5) is 16.4. The lowest BCUT2D eigenvalue weighted by molar-refractivity contribution is 0.246. The molecule has 1 heterocycles. The average molecular weight is 351 g/mol. The number of amides is 2. The van der Waals surface area contributed by atoms with Gasteiger partial charge < -0.3 is 20.1 Å². The highest BCUT2D eigenvalue weighted by atomic mass is 16.5. The molecule has 1 aromatic heterocycles. The molecule has 0 fully saturated rings. The molecule has 3 rings (SSSR count). The molecule has 26 heavy (non-hydrogen) atoms. The summed E-state index contributed by atoms with van der Waals surface area (Å²) in [5.74, 6) is 1.33. The minimum atomic E-state index is -0.303. The van der Waals surface area contributed by atoms with E-state index < -0.39 is 0 Å². The lowest BCUT2D eigenvalue weighted by atomic mass is 10.2. The van der Waals surface area contributed by atoms with Crippen molar-refractivity contribution < 1.29 is 14.3 Å². The first-order valence-corrected chi connectivity index (χ1v) is 8.33. The number of anilines is 1. The molecule has 2 N–H and O–H groups in total. The van der Waals surface area contributed by atoms with Crippen LogP contribution in [0.25, 0.3) is 10.9 Å². The number of methoxy groups -OCH3 is 1. The summed E-state index contributed by atoms with van der Waals surface area (Å²) in [6.07, 6.45) is 1.70. The molecule has 0 aliphatic carbocycles. The Morgan fingerprint density at radius 1 is 1.12 bits per heavy atom. The Labute approximate surface area is 152 Å². The number of hydrogen-bond acceptors (Lipinski definition) is 4. The van der Waals surface area contributed by atoms with E-state index in [1.165, 1.54) is 0 Å². The summed E-state index contributed by atoms with van der Waals surface area (Å²) >= 11 is 0. The van der Waals surface area contributed by atoms with Crippen molar-refractivity contribution in [3.05, 3.63) is 60.3 Å². The number of hydrogen-bond donors (Lipinski definition) is 2. The van der Waals surface area contributed by atoms with Crippen LogP contribution in [0.2, 0.25) is 0 Å². The lowest BCUT2D eigenvalue weighted by Crippen LogP contribution is -2.32. The summed E-state index contributed by atoms with van der Waals surface area (Å²) in [5.41, 5.74) is 2.52. The second kappa shape index (κ2) is 8.20. The molecule has 2 amide bonds. The van der Waals surface area contributed by atoms with Gasteiger partial charge in [-0.2, -0.15) is 0 Å². The van der Waals surface area contributed by atoms with Gasteiger partial charge >= 0.3 is 6.03 Å².